The molecular weight excluding hydrogens is 206 g/mol. The predicted octanol–water partition coefficient (Wildman–Crippen LogP) is 0.674. The van der Waals surface area contributed by atoms with Gasteiger partial charge in [-0.1, -0.05) is 0 Å². The van der Waals surface area contributed by atoms with Crippen molar-refractivity contribution in [1.82, 2.24) is 15.1 Å². The number of aryl methyl sites for hydroxylation is 1. The van der Waals surface area contributed by atoms with Gasteiger partial charge in [-0.15, -0.1) is 0 Å². The molecule has 88 valence electrons. The van der Waals surface area contributed by atoms with E-state index >= 15 is 0 Å². The minimum Gasteiger partial charge on any atom is -0.464 e. The quantitative estimate of drug-likeness (QED) is 0.749. The third kappa shape index (κ3) is 2.09. The zero-order valence-electron chi connectivity index (χ0n) is 9.69. The van der Waals surface area contributed by atoms with E-state index < -0.39 is 0 Å². The summed E-state index contributed by atoms with van der Waals surface area (Å²) in [6.45, 7) is 2.06. The molecule has 1 N–H and O–H groups in total. The first kappa shape index (κ1) is 11.1. The van der Waals surface area contributed by atoms with Gasteiger partial charge < -0.3 is 10.1 Å². The molecule has 2 heterocycles. The van der Waals surface area contributed by atoms with Crippen molar-refractivity contribution in [3.8, 4) is 0 Å². The number of nitrogens with one attached hydrogen (secondary N) is 1. The molecule has 0 amide bonds. The summed E-state index contributed by atoms with van der Waals surface area (Å²) in [4.78, 5) is 11.4. The maximum atomic E-state index is 11.4. The first-order chi connectivity index (χ1) is 7.72. The van der Waals surface area contributed by atoms with Gasteiger partial charge >= 0.3 is 5.97 Å². The number of ether oxygens (including phenoxy) is 1. The van der Waals surface area contributed by atoms with Gasteiger partial charge in [-0.3, -0.25) is 4.68 Å². The van der Waals surface area contributed by atoms with Gasteiger partial charge in [0, 0.05) is 18.7 Å². The summed E-state index contributed by atoms with van der Waals surface area (Å²) < 4.78 is 6.46. The van der Waals surface area contributed by atoms with Crippen LogP contribution in [0.1, 0.15) is 34.9 Å². The Morgan fingerprint density at radius 2 is 2.25 bits per heavy atom. The molecule has 2 rings (SSSR count). The highest BCUT2D eigenvalue weighted by Gasteiger charge is 2.21. The molecular formula is C11H17N3O2. The normalized spacial score (nSPS) is 17.4. The van der Waals surface area contributed by atoms with Crippen LogP contribution in [-0.4, -0.2) is 35.9 Å². The van der Waals surface area contributed by atoms with Crippen LogP contribution in [0.5, 0.6) is 0 Å². The van der Waals surface area contributed by atoms with Crippen LogP contribution < -0.4 is 5.32 Å². The van der Waals surface area contributed by atoms with Crippen molar-refractivity contribution in [3.05, 3.63) is 17.5 Å². The topological polar surface area (TPSA) is 56.1 Å². The van der Waals surface area contributed by atoms with Crippen molar-refractivity contribution in [2.45, 2.75) is 18.8 Å². The highest BCUT2D eigenvalue weighted by atomic mass is 16.5. The van der Waals surface area contributed by atoms with Gasteiger partial charge in [0.15, 0.2) is 5.69 Å². The van der Waals surface area contributed by atoms with Crippen LogP contribution in [0.15, 0.2) is 6.07 Å². The second-order valence-electron chi connectivity index (χ2n) is 4.09. The Bertz CT molecular complexity index is 381. The summed E-state index contributed by atoms with van der Waals surface area (Å²) in [6, 6.07) is 1.85. The summed E-state index contributed by atoms with van der Waals surface area (Å²) in [6.07, 6.45) is 2.19. The van der Waals surface area contributed by atoms with E-state index in [9.17, 15) is 4.79 Å². The summed E-state index contributed by atoms with van der Waals surface area (Å²) in [7, 11) is 3.25. The van der Waals surface area contributed by atoms with E-state index in [0.29, 0.717) is 11.6 Å². The highest BCUT2D eigenvalue weighted by molar-refractivity contribution is 5.87. The molecule has 1 aromatic heterocycles. The molecule has 0 radical (unpaired) electrons. The first-order valence-corrected chi connectivity index (χ1v) is 5.55. The summed E-state index contributed by atoms with van der Waals surface area (Å²) in [5, 5.41) is 7.50. The molecule has 5 nitrogen and oxygen atoms in total. The molecule has 1 aliphatic rings. The minimum absolute atomic E-state index is 0.365. The first-order valence-electron chi connectivity index (χ1n) is 5.55. The lowest BCUT2D eigenvalue weighted by molar-refractivity contribution is 0.0593. The number of hydrogen-bond acceptors (Lipinski definition) is 4. The van der Waals surface area contributed by atoms with Crippen LogP contribution >= 0.6 is 0 Å². The molecule has 0 saturated carbocycles. The lowest BCUT2D eigenvalue weighted by Crippen LogP contribution is -2.27. The van der Waals surface area contributed by atoms with E-state index in [1.807, 2.05) is 13.1 Å². The van der Waals surface area contributed by atoms with Gasteiger partial charge in [-0.2, -0.15) is 5.10 Å². The Morgan fingerprint density at radius 1 is 1.56 bits per heavy atom. The summed E-state index contributed by atoms with van der Waals surface area (Å²) >= 11 is 0. The van der Waals surface area contributed by atoms with E-state index in [1.54, 1.807) is 4.68 Å². The van der Waals surface area contributed by atoms with E-state index in [2.05, 4.69) is 15.2 Å². The van der Waals surface area contributed by atoms with Gasteiger partial charge in [0.2, 0.25) is 0 Å². The minimum atomic E-state index is -0.365. The van der Waals surface area contributed by atoms with Gasteiger partial charge in [0.1, 0.15) is 0 Å². The van der Waals surface area contributed by atoms with Crippen molar-refractivity contribution in [1.29, 1.82) is 0 Å². The van der Waals surface area contributed by atoms with Crippen molar-refractivity contribution in [2.24, 2.45) is 7.05 Å². The summed E-state index contributed by atoms with van der Waals surface area (Å²) in [5.74, 6) is 0.132. The Balaban J connectivity index is 2.20. The molecule has 0 aromatic carbocycles. The maximum Gasteiger partial charge on any atom is 0.358 e. The lowest BCUT2D eigenvalue weighted by Gasteiger charge is -2.22. The van der Waals surface area contributed by atoms with Crippen LogP contribution in [0.4, 0.5) is 0 Å². The third-order valence-electron chi connectivity index (χ3n) is 3.07. The fourth-order valence-corrected chi connectivity index (χ4v) is 2.19. The van der Waals surface area contributed by atoms with Crippen molar-refractivity contribution in [3.63, 3.8) is 0 Å². The average molecular weight is 223 g/mol. The molecule has 0 spiro atoms. The van der Waals surface area contributed by atoms with E-state index in [1.165, 1.54) is 7.11 Å². The number of methoxy groups -OCH3 is 1. The largest absolute Gasteiger partial charge is 0.464 e. The van der Waals surface area contributed by atoms with Crippen LogP contribution in [0.25, 0.3) is 0 Å². The molecule has 0 atom stereocenters. The number of esters is 1. The lowest BCUT2D eigenvalue weighted by atomic mass is 9.94. The van der Waals surface area contributed by atoms with Gasteiger partial charge in [0.25, 0.3) is 0 Å². The Hall–Kier alpha value is -1.36. The SMILES string of the molecule is COC(=O)c1cc(C2CCNCC2)n(C)n1. The fraction of sp³-hybridized carbons (Fsp3) is 0.636. The van der Waals surface area contributed by atoms with E-state index in [4.69, 9.17) is 0 Å². The number of carbonyl (C=O) groups is 1. The highest BCUT2D eigenvalue weighted by Crippen LogP contribution is 2.25. The molecule has 5 heteroatoms. The van der Waals surface area contributed by atoms with Crippen LogP contribution in [0.2, 0.25) is 0 Å². The summed E-state index contributed by atoms with van der Waals surface area (Å²) in [5.41, 5.74) is 1.53. The molecule has 0 aliphatic carbocycles. The zero-order valence-corrected chi connectivity index (χ0v) is 9.69. The second-order valence-corrected chi connectivity index (χ2v) is 4.09. The van der Waals surface area contributed by atoms with Gasteiger partial charge in [-0.05, 0) is 32.0 Å². The average Bonchev–Trinajstić information content (AvgIpc) is 2.71. The van der Waals surface area contributed by atoms with Crippen molar-refractivity contribution < 1.29 is 9.53 Å². The maximum absolute atomic E-state index is 11.4. The standard InChI is InChI=1S/C11H17N3O2/c1-14-10(8-3-5-12-6-4-8)7-9(13-14)11(15)16-2/h7-8,12H,3-6H2,1-2H3. The van der Waals surface area contributed by atoms with Crippen molar-refractivity contribution >= 4 is 5.97 Å². The molecule has 1 fully saturated rings. The van der Waals surface area contributed by atoms with Crippen LogP contribution in [0.3, 0.4) is 0 Å². The molecule has 0 unspecified atom stereocenters. The zero-order chi connectivity index (χ0) is 11.5. The monoisotopic (exact) mass is 223 g/mol. The molecule has 16 heavy (non-hydrogen) atoms. The number of hydrogen-bond donors (Lipinski definition) is 1. The van der Waals surface area contributed by atoms with Crippen molar-refractivity contribution in [2.75, 3.05) is 20.2 Å². The smallest absolute Gasteiger partial charge is 0.358 e. The van der Waals surface area contributed by atoms with Gasteiger partial charge in [0.05, 0.1) is 7.11 Å². The number of aromatic nitrogens is 2. The molecule has 1 aromatic rings. The Labute approximate surface area is 94.8 Å². The Kier molecular flexibility index (Phi) is 3.24. The molecule has 1 saturated heterocycles. The van der Waals surface area contributed by atoms with E-state index in [0.717, 1.165) is 31.6 Å². The van der Waals surface area contributed by atoms with E-state index in [-0.39, 0.29) is 5.97 Å². The molecule has 0 bridgehead atoms. The third-order valence-corrected chi connectivity index (χ3v) is 3.07. The van der Waals surface area contributed by atoms with Gasteiger partial charge in [-0.25, -0.2) is 4.79 Å². The molecule has 1 aliphatic heterocycles. The number of piperidine rings is 1. The van der Waals surface area contributed by atoms with Crippen LogP contribution in [-0.2, 0) is 11.8 Å². The number of nitrogens with zero attached hydrogens (tertiary/aromatic N) is 2. The number of rotatable bonds is 2. The van der Waals surface area contributed by atoms with Crippen LogP contribution in [0, 0.1) is 0 Å². The Morgan fingerprint density at radius 3 is 2.88 bits per heavy atom. The fourth-order valence-electron chi connectivity index (χ4n) is 2.19. The second kappa shape index (κ2) is 4.65. The number of carbonyl (C=O) groups excluding carboxylic acids is 1. The predicted molar refractivity (Wildman–Crippen MR) is 59.4 cm³/mol.